The van der Waals surface area contributed by atoms with E-state index in [0.717, 1.165) is 0 Å². The lowest BCUT2D eigenvalue weighted by molar-refractivity contribution is 1.04. The first-order chi connectivity index (χ1) is 15.3. The molecule has 0 fully saturated rings. The molecule has 0 radical (unpaired) electrons. The van der Waals surface area contributed by atoms with Gasteiger partial charge >= 0.3 is 0 Å². The Morgan fingerprint density at radius 2 is 1.32 bits per heavy atom. The summed E-state index contributed by atoms with van der Waals surface area (Å²) in [5.41, 5.74) is 8.65. The van der Waals surface area contributed by atoms with Gasteiger partial charge in [0.1, 0.15) is 0 Å². The first-order valence-electron chi connectivity index (χ1n) is 10.8. The van der Waals surface area contributed by atoms with Gasteiger partial charge in [-0.05, 0) is 35.2 Å². The number of hydrogen-bond acceptors (Lipinski definition) is 0. The predicted molar refractivity (Wildman–Crippen MR) is 132 cm³/mol. The summed E-state index contributed by atoms with van der Waals surface area (Å²) in [7, 11) is 0. The van der Waals surface area contributed by atoms with Crippen molar-refractivity contribution >= 4 is 17.0 Å². The van der Waals surface area contributed by atoms with E-state index in [-0.39, 0.29) is 5.92 Å². The number of fused-ring (bicyclic) bond motifs is 1. The molecule has 1 nitrogen and oxygen atoms in total. The fourth-order valence-corrected chi connectivity index (χ4v) is 4.24. The fourth-order valence-electron chi connectivity index (χ4n) is 4.24. The molecule has 0 aliphatic carbocycles. The number of benzene rings is 4. The highest BCUT2D eigenvalue weighted by Gasteiger charge is 2.21. The minimum atomic E-state index is 0.132. The van der Waals surface area contributed by atoms with Crippen molar-refractivity contribution in [2.24, 2.45) is 0 Å². The summed E-state index contributed by atoms with van der Waals surface area (Å²) >= 11 is 0. The molecule has 0 aliphatic rings. The zero-order valence-electron chi connectivity index (χ0n) is 17.6. The molecule has 150 valence electrons. The average Bonchev–Trinajstić information content (AvgIpc) is 3.21. The summed E-state index contributed by atoms with van der Waals surface area (Å²) in [6.07, 6.45) is 4.57. The van der Waals surface area contributed by atoms with Gasteiger partial charge in [-0.15, -0.1) is 0 Å². The van der Waals surface area contributed by atoms with Gasteiger partial charge in [0.25, 0.3) is 0 Å². The molecule has 1 N–H and O–H groups in total. The monoisotopic (exact) mass is 399 g/mol. The SMILES string of the molecule is Cc1ccc(C(/C=C/c2ccccc2)c2c(-c3ccccc3)[nH]c3ccccc23)cc1. The van der Waals surface area contributed by atoms with Crippen molar-refractivity contribution in [1.29, 1.82) is 0 Å². The third-order valence-electron chi connectivity index (χ3n) is 5.84. The quantitative estimate of drug-likeness (QED) is 0.308. The van der Waals surface area contributed by atoms with Gasteiger partial charge in [0.15, 0.2) is 0 Å². The van der Waals surface area contributed by atoms with Gasteiger partial charge in [-0.1, -0.05) is 121 Å². The van der Waals surface area contributed by atoms with Crippen LogP contribution in [0.5, 0.6) is 0 Å². The summed E-state index contributed by atoms with van der Waals surface area (Å²) in [5, 5.41) is 1.27. The number of aromatic nitrogens is 1. The molecule has 1 heteroatoms. The summed E-state index contributed by atoms with van der Waals surface area (Å²) in [6, 6.07) is 38.7. The Hall–Kier alpha value is -3.84. The number of allylic oxidation sites excluding steroid dienone is 1. The molecule has 5 aromatic rings. The molecule has 0 amide bonds. The molecule has 1 unspecified atom stereocenters. The van der Waals surface area contributed by atoms with Crippen LogP contribution in [-0.2, 0) is 0 Å². The van der Waals surface area contributed by atoms with Crippen LogP contribution in [-0.4, -0.2) is 4.98 Å². The number of para-hydroxylation sites is 1. The molecule has 0 aliphatic heterocycles. The van der Waals surface area contributed by atoms with Gasteiger partial charge < -0.3 is 4.98 Å². The third kappa shape index (κ3) is 3.95. The molecule has 1 heterocycles. The predicted octanol–water partition coefficient (Wildman–Crippen LogP) is 7.99. The molecule has 0 bridgehead atoms. The molecule has 4 aromatic carbocycles. The van der Waals surface area contributed by atoms with Crippen molar-refractivity contribution in [3.8, 4) is 11.3 Å². The topological polar surface area (TPSA) is 15.8 Å². The van der Waals surface area contributed by atoms with Crippen molar-refractivity contribution in [1.82, 2.24) is 4.98 Å². The van der Waals surface area contributed by atoms with Crippen LogP contribution < -0.4 is 0 Å². The van der Waals surface area contributed by atoms with E-state index >= 15 is 0 Å². The van der Waals surface area contributed by atoms with Crippen molar-refractivity contribution in [2.75, 3.05) is 0 Å². The molecule has 0 spiro atoms. The Bertz CT molecular complexity index is 1310. The number of hydrogen-bond donors (Lipinski definition) is 1. The minimum Gasteiger partial charge on any atom is -0.354 e. The smallest absolute Gasteiger partial charge is 0.0506 e. The molecule has 1 aromatic heterocycles. The molecule has 31 heavy (non-hydrogen) atoms. The molecule has 5 rings (SSSR count). The summed E-state index contributed by atoms with van der Waals surface area (Å²) in [6.45, 7) is 2.14. The second kappa shape index (κ2) is 8.49. The second-order valence-corrected chi connectivity index (χ2v) is 7.98. The van der Waals surface area contributed by atoms with Crippen molar-refractivity contribution in [3.63, 3.8) is 0 Å². The van der Waals surface area contributed by atoms with Crippen LogP contribution in [0.1, 0.15) is 28.2 Å². The highest BCUT2D eigenvalue weighted by atomic mass is 14.7. The average molecular weight is 400 g/mol. The summed E-state index contributed by atoms with van der Waals surface area (Å²) < 4.78 is 0. The Morgan fingerprint density at radius 1 is 0.677 bits per heavy atom. The maximum atomic E-state index is 3.71. The molecular formula is C30H25N. The Balaban J connectivity index is 1.74. The normalized spacial score (nSPS) is 12.4. The minimum absolute atomic E-state index is 0.132. The zero-order chi connectivity index (χ0) is 21.0. The number of rotatable bonds is 5. The van der Waals surface area contributed by atoms with Crippen LogP contribution in [0.2, 0.25) is 0 Å². The first kappa shape index (κ1) is 19.1. The zero-order valence-corrected chi connectivity index (χ0v) is 17.6. The van der Waals surface area contributed by atoms with Crippen molar-refractivity contribution in [2.45, 2.75) is 12.8 Å². The van der Waals surface area contributed by atoms with E-state index in [0.29, 0.717) is 0 Å². The van der Waals surface area contributed by atoms with Gasteiger partial charge in [0.2, 0.25) is 0 Å². The summed E-state index contributed by atoms with van der Waals surface area (Å²) in [4.78, 5) is 3.71. The Kier molecular flexibility index (Phi) is 5.24. The molecular weight excluding hydrogens is 374 g/mol. The molecule has 0 saturated heterocycles. The highest BCUT2D eigenvalue weighted by molar-refractivity contribution is 5.92. The number of aryl methyl sites for hydroxylation is 1. The van der Waals surface area contributed by atoms with Crippen molar-refractivity contribution in [3.05, 3.63) is 138 Å². The van der Waals surface area contributed by atoms with Gasteiger partial charge in [-0.3, -0.25) is 0 Å². The van der Waals surface area contributed by atoms with E-state index in [9.17, 15) is 0 Å². The van der Waals surface area contributed by atoms with E-state index in [4.69, 9.17) is 0 Å². The van der Waals surface area contributed by atoms with Crippen LogP contribution in [0.3, 0.4) is 0 Å². The summed E-state index contributed by atoms with van der Waals surface area (Å²) in [5.74, 6) is 0.132. The lowest BCUT2D eigenvalue weighted by Gasteiger charge is -2.17. The van der Waals surface area contributed by atoms with E-state index in [1.807, 2.05) is 0 Å². The van der Waals surface area contributed by atoms with Gasteiger partial charge in [-0.2, -0.15) is 0 Å². The lowest BCUT2D eigenvalue weighted by atomic mass is 9.86. The number of H-pyrrole nitrogens is 1. The van der Waals surface area contributed by atoms with E-state index in [1.165, 1.54) is 44.4 Å². The number of aromatic amines is 1. The van der Waals surface area contributed by atoms with Crippen LogP contribution in [0, 0.1) is 6.92 Å². The maximum Gasteiger partial charge on any atom is 0.0506 e. The highest BCUT2D eigenvalue weighted by Crippen LogP contribution is 2.39. The van der Waals surface area contributed by atoms with Crippen LogP contribution in [0.25, 0.3) is 28.2 Å². The van der Waals surface area contributed by atoms with E-state index in [1.54, 1.807) is 0 Å². The maximum absolute atomic E-state index is 3.71. The standard InChI is InChI=1S/C30H25N/c1-22-16-19-24(20-17-22)26(21-18-23-10-4-2-5-11-23)29-27-14-8-9-15-28(27)31-30(29)25-12-6-3-7-13-25/h2-21,26,31H,1H3/b21-18+. The van der Waals surface area contributed by atoms with Crippen LogP contribution >= 0.6 is 0 Å². The van der Waals surface area contributed by atoms with Gasteiger partial charge in [-0.25, -0.2) is 0 Å². The second-order valence-electron chi connectivity index (χ2n) is 7.98. The molecule has 1 atom stereocenters. The Labute approximate surface area is 183 Å². The third-order valence-corrected chi connectivity index (χ3v) is 5.84. The Morgan fingerprint density at radius 3 is 2.06 bits per heavy atom. The largest absolute Gasteiger partial charge is 0.354 e. The first-order valence-corrected chi connectivity index (χ1v) is 10.8. The fraction of sp³-hybridized carbons (Fsp3) is 0.0667. The lowest BCUT2D eigenvalue weighted by Crippen LogP contribution is -2.00. The molecule has 0 saturated carbocycles. The van der Waals surface area contributed by atoms with E-state index in [2.05, 4.69) is 133 Å². The van der Waals surface area contributed by atoms with Gasteiger partial charge in [0, 0.05) is 16.8 Å². The van der Waals surface area contributed by atoms with E-state index < -0.39 is 0 Å². The van der Waals surface area contributed by atoms with Crippen LogP contribution in [0.15, 0.2) is 115 Å². The van der Waals surface area contributed by atoms with Crippen molar-refractivity contribution < 1.29 is 0 Å². The van der Waals surface area contributed by atoms with Crippen LogP contribution in [0.4, 0.5) is 0 Å². The number of nitrogens with one attached hydrogen (secondary N) is 1. The van der Waals surface area contributed by atoms with Gasteiger partial charge in [0.05, 0.1) is 5.69 Å².